The van der Waals surface area contributed by atoms with Gasteiger partial charge in [-0.2, -0.15) is 5.10 Å². The van der Waals surface area contributed by atoms with Gasteiger partial charge in [-0.15, -0.1) is 4.83 Å². The first kappa shape index (κ1) is 22.3. The molecule has 2 aromatic carbocycles. The summed E-state index contributed by atoms with van der Waals surface area (Å²) in [5.41, 5.74) is 0.892. The van der Waals surface area contributed by atoms with E-state index >= 15 is 0 Å². The number of rotatable bonds is 7. The van der Waals surface area contributed by atoms with E-state index in [0.717, 1.165) is 22.9 Å². The maximum atomic E-state index is 12.7. The van der Waals surface area contributed by atoms with Crippen LogP contribution < -0.4 is 15.8 Å². The van der Waals surface area contributed by atoms with Gasteiger partial charge in [-0.1, -0.05) is 36.7 Å². The molecule has 0 spiro atoms. The van der Waals surface area contributed by atoms with Crippen molar-refractivity contribution in [2.75, 3.05) is 0 Å². The standard InChI is InChI=1S/C18H16ClN5O6S/c1-2-9-23-18(26)13-6-4-3-5-12(13)16(21-23)17(25)20-22-31(29,30)11-7-8-14(19)15(10-11)24(27)28/h3-8,10,22H,2,9H2,1H3,(H,20,25). The summed E-state index contributed by atoms with van der Waals surface area (Å²) in [6, 6.07) is 9.20. The zero-order valence-corrected chi connectivity index (χ0v) is 17.6. The Morgan fingerprint density at radius 1 is 1.23 bits per heavy atom. The molecule has 0 aliphatic heterocycles. The van der Waals surface area contributed by atoms with E-state index in [4.69, 9.17) is 11.6 Å². The van der Waals surface area contributed by atoms with Crippen molar-refractivity contribution in [3.05, 3.63) is 73.6 Å². The number of aryl methyl sites for hydroxylation is 1. The van der Waals surface area contributed by atoms with Crippen molar-refractivity contribution in [1.82, 2.24) is 20.0 Å². The number of carbonyl (C=O) groups is 1. The second kappa shape index (κ2) is 8.79. The lowest BCUT2D eigenvalue weighted by Crippen LogP contribution is -2.42. The van der Waals surface area contributed by atoms with Crippen LogP contribution in [-0.2, 0) is 16.6 Å². The smallest absolute Gasteiger partial charge is 0.272 e. The van der Waals surface area contributed by atoms with E-state index in [-0.39, 0.29) is 33.6 Å². The van der Waals surface area contributed by atoms with Crippen molar-refractivity contribution in [3.8, 4) is 0 Å². The van der Waals surface area contributed by atoms with E-state index < -0.39 is 31.4 Å². The van der Waals surface area contributed by atoms with E-state index in [2.05, 4.69) is 5.10 Å². The van der Waals surface area contributed by atoms with E-state index in [1.807, 2.05) is 17.2 Å². The fourth-order valence-corrected chi connectivity index (χ4v) is 3.84. The third-order valence-electron chi connectivity index (χ3n) is 4.24. The fraction of sp³-hybridized carbons (Fsp3) is 0.167. The number of sulfonamides is 1. The Kier molecular flexibility index (Phi) is 6.34. The number of fused-ring (bicyclic) bond motifs is 1. The SMILES string of the molecule is CCCn1nc(C(=O)NNS(=O)(=O)c2ccc(Cl)c([N+](=O)[O-])c2)c2ccccc2c1=O. The van der Waals surface area contributed by atoms with Crippen molar-refractivity contribution in [2.45, 2.75) is 24.8 Å². The highest BCUT2D eigenvalue weighted by molar-refractivity contribution is 7.89. The largest absolute Gasteiger partial charge is 0.289 e. The van der Waals surface area contributed by atoms with Crippen LogP contribution in [0.1, 0.15) is 23.8 Å². The van der Waals surface area contributed by atoms with Gasteiger partial charge < -0.3 is 0 Å². The number of hydrogen-bond donors (Lipinski definition) is 2. The average molecular weight is 466 g/mol. The van der Waals surface area contributed by atoms with Gasteiger partial charge in [0.15, 0.2) is 5.69 Å². The lowest BCUT2D eigenvalue weighted by atomic mass is 10.1. The first-order valence-corrected chi connectivity index (χ1v) is 10.8. The molecule has 0 fully saturated rings. The molecule has 1 aromatic heterocycles. The molecule has 0 saturated carbocycles. The van der Waals surface area contributed by atoms with Crippen LogP contribution in [0, 0.1) is 10.1 Å². The Labute approximate surface area is 180 Å². The van der Waals surface area contributed by atoms with Crippen molar-refractivity contribution in [3.63, 3.8) is 0 Å². The van der Waals surface area contributed by atoms with Gasteiger partial charge in [0, 0.05) is 18.0 Å². The third kappa shape index (κ3) is 4.55. The van der Waals surface area contributed by atoms with Crippen molar-refractivity contribution >= 4 is 44.0 Å². The number of amides is 1. The molecule has 3 rings (SSSR count). The highest BCUT2D eigenvalue weighted by Crippen LogP contribution is 2.26. The van der Waals surface area contributed by atoms with Crippen molar-refractivity contribution < 1.29 is 18.1 Å². The van der Waals surface area contributed by atoms with Crippen LogP contribution >= 0.6 is 11.6 Å². The highest BCUT2D eigenvalue weighted by Gasteiger charge is 2.23. The van der Waals surface area contributed by atoms with Crippen LogP contribution in [0.5, 0.6) is 0 Å². The molecule has 2 N–H and O–H groups in total. The number of hydrogen-bond acceptors (Lipinski definition) is 7. The van der Waals surface area contributed by atoms with Gasteiger partial charge in [-0.25, -0.2) is 13.1 Å². The Morgan fingerprint density at radius 3 is 2.55 bits per heavy atom. The number of nitrogens with zero attached hydrogens (tertiary/aromatic N) is 3. The summed E-state index contributed by atoms with van der Waals surface area (Å²) in [6.45, 7) is 2.10. The molecule has 11 nitrogen and oxygen atoms in total. The van der Waals surface area contributed by atoms with Gasteiger partial charge in [0.25, 0.3) is 27.2 Å². The molecule has 1 amide bonds. The summed E-state index contributed by atoms with van der Waals surface area (Å²) in [5, 5.41) is 15.3. The lowest BCUT2D eigenvalue weighted by Gasteiger charge is -2.12. The molecule has 0 radical (unpaired) electrons. The molecule has 1 heterocycles. The van der Waals surface area contributed by atoms with Crippen LogP contribution in [0.4, 0.5) is 5.69 Å². The predicted molar refractivity (Wildman–Crippen MR) is 112 cm³/mol. The van der Waals surface area contributed by atoms with Crippen LogP contribution in [0.2, 0.25) is 5.02 Å². The Bertz CT molecular complexity index is 1360. The van der Waals surface area contributed by atoms with Gasteiger partial charge in [-0.3, -0.25) is 25.1 Å². The average Bonchev–Trinajstić information content (AvgIpc) is 2.74. The molecule has 3 aromatic rings. The number of hydrazine groups is 1. The number of aromatic nitrogens is 2. The van der Waals surface area contributed by atoms with E-state index in [0.29, 0.717) is 6.42 Å². The Hall–Kier alpha value is -3.35. The lowest BCUT2D eigenvalue weighted by molar-refractivity contribution is -0.384. The number of nitro groups is 1. The van der Waals surface area contributed by atoms with Crippen LogP contribution in [0.25, 0.3) is 10.8 Å². The van der Waals surface area contributed by atoms with Gasteiger partial charge in [-0.05, 0) is 24.6 Å². The molecule has 13 heteroatoms. The van der Waals surface area contributed by atoms with Gasteiger partial charge in [0.1, 0.15) is 5.02 Å². The zero-order chi connectivity index (χ0) is 22.8. The normalized spacial score (nSPS) is 11.4. The predicted octanol–water partition coefficient (Wildman–Crippen LogP) is 1.99. The summed E-state index contributed by atoms with van der Waals surface area (Å²) >= 11 is 5.69. The van der Waals surface area contributed by atoms with Gasteiger partial charge in [0.05, 0.1) is 15.2 Å². The van der Waals surface area contributed by atoms with Gasteiger partial charge in [0.2, 0.25) is 0 Å². The number of halogens is 1. The van der Waals surface area contributed by atoms with Crippen LogP contribution in [0.3, 0.4) is 0 Å². The topological polar surface area (TPSA) is 153 Å². The summed E-state index contributed by atoms with van der Waals surface area (Å²) in [4.78, 5) is 36.7. The first-order valence-electron chi connectivity index (χ1n) is 8.91. The molecule has 31 heavy (non-hydrogen) atoms. The monoisotopic (exact) mass is 465 g/mol. The second-order valence-corrected chi connectivity index (χ2v) is 8.44. The Morgan fingerprint density at radius 2 is 1.90 bits per heavy atom. The minimum absolute atomic E-state index is 0.159. The molecular formula is C18H16ClN5O6S. The van der Waals surface area contributed by atoms with E-state index in [1.54, 1.807) is 18.2 Å². The Balaban J connectivity index is 1.93. The maximum Gasteiger partial charge on any atom is 0.289 e. The molecule has 0 aliphatic rings. The van der Waals surface area contributed by atoms with Crippen LogP contribution in [-0.4, -0.2) is 29.0 Å². The number of nitro benzene ring substituents is 1. The summed E-state index contributed by atoms with van der Waals surface area (Å²) in [6.07, 6.45) is 0.592. The zero-order valence-electron chi connectivity index (χ0n) is 16.0. The van der Waals surface area contributed by atoms with Crippen LogP contribution in [0.15, 0.2) is 52.2 Å². The highest BCUT2D eigenvalue weighted by atomic mass is 35.5. The quantitative estimate of drug-likeness (QED) is 0.399. The maximum absolute atomic E-state index is 12.7. The fourth-order valence-electron chi connectivity index (χ4n) is 2.80. The second-order valence-electron chi connectivity index (χ2n) is 6.35. The van der Waals surface area contributed by atoms with Gasteiger partial charge >= 0.3 is 0 Å². The molecule has 0 atom stereocenters. The number of carbonyl (C=O) groups excluding carboxylic acids is 1. The summed E-state index contributed by atoms with van der Waals surface area (Å²) in [7, 11) is -4.36. The first-order chi connectivity index (χ1) is 14.7. The summed E-state index contributed by atoms with van der Waals surface area (Å²) < 4.78 is 26.1. The number of benzene rings is 2. The minimum Gasteiger partial charge on any atom is -0.272 e. The molecular weight excluding hydrogens is 450 g/mol. The molecule has 0 aliphatic carbocycles. The minimum atomic E-state index is -4.36. The van der Waals surface area contributed by atoms with Crippen molar-refractivity contribution in [2.24, 2.45) is 0 Å². The molecule has 162 valence electrons. The van der Waals surface area contributed by atoms with Crippen molar-refractivity contribution in [1.29, 1.82) is 0 Å². The summed E-state index contributed by atoms with van der Waals surface area (Å²) in [5.74, 6) is -0.909. The third-order valence-corrected chi connectivity index (χ3v) is 5.81. The van der Waals surface area contributed by atoms with E-state index in [1.165, 1.54) is 6.07 Å². The van der Waals surface area contributed by atoms with E-state index in [9.17, 15) is 28.1 Å². The molecule has 0 bridgehead atoms. The molecule has 0 saturated heterocycles. The molecule has 0 unspecified atom stereocenters. The number of nitrogens with one attached hydrogen (secondary N) is 2.